The molecule has 0 radical (unpaired) electrons. The van der Waals surface area contributed by atoms with E-state index in [2.05, 4.69) is 31.8 Å². The molecule has 5 rings (SSSR count). The number of nitrogens with zero attached hydrogens (tertiary/aromatic N) is 5. The molecule has 0 unspecified atom stereocenters. The van der Waals surface area contributed by atoms with E-state index in [1.165, 1.54) is 37.7 Å². The van der Waals surface area contributed by atoms with Gasteiger partial charge in [0.1, 0.15) is 0 Å². The summed E-state index contributed by atoms with van der Waals surface area (Å²) in [5, 5.41) is 8.49. The number of hydrogen-bond acceptors (Lipinski definition) is 6. The zero-order valence-corrected chi connectivity index (χ0v) is 19.2. The number of hydrogen-bond donors (Lipinski definition) is 0. The number of carbonyl (C=O) groups is 1. The molecule has 2 aliphatic heterocycles. The third kappa shape index (κ3) is 4.68. The SMILES string of the molecule is Cc1ccc(-c2nnc(N3CCC(C(=O)N4CCN(C5CCCCC5)CC4)CC3)o2)cc1. The molecule has 32 heavy (non-hydrogen) atoms. The van der Waals surface area contributed by atoms with Crippen LogP contribution in [0.2, 0.25) is 0 Å². The Bertz CT molecular complexity index is 889. The first-order valence-corrected chi connectivity index (χ1v) is 12.4. The van der Waals surface area contributed by atoms with Crippen LogP contribution in [0, 0.1) is 12.8 Å². The van der Waals surface area contributed by atoms with E-state index in [0.29, 0.717) is 17.8 Å². The van der Waals surface area contributed by atoms with Gasteiger partial charge in [-0.3, -0.25) is 9.69 Å². The number of rotatable bonds is 4. The molecule has 2 aromatic rings. The lowest BCUT2D eigenvalue weighted by atomic mass is 9.93. The number of aryl methyl sites for hydroxylation is 1. The lowest BCUT2D eigenvalue weighted by Crippen LogP contribution is -2.54. The van der Waals surface area contributed by atoms with Crippen molar-refractivity contribution in [3.63, 3.8) is 0 Å². The van der Waals surface area contributed by atoms with Gasteiger partial charge in [0, 0.05) is 56.8 Å². The Kier molecular flexibility index (Phi) is 6.44. The average molecular weight is 438 g/mol. The van der Waals surface area contributed by atoms with Crippen LogP contribution in [0.4, 0.5) is 6.01 Å². The number of benzene rings is 1. The summed E-state index contributed by atoms with van der Waals surface area (Å²) < 4.78 is 5.93. The van der Waals surface area contributed by atoms with Gasteiger partial charge < -0.3 is 14.2 Å². The normalized spacial score (nSPS) is 21.8. The summed E-state index contributed by atoms with van der Waals surface area (Å²) in [5.41, 5.74) is 2.14. The van der Waals surface area contributed by atoms with Gasteiger partial charge in [0.2, 0.25) is 11.8 Å². The minimum absolute atomic E-state index is 0.118. The zero-order chi connectivity index (χ0) is 21.9. The van der Waals surface area contributed by atoms with Crippen LogP contribution in [0.5, 0.6) is 0 Å². The predicted octanol–water partition coefficient (Wildman–Crippen LogP) is 3.74. The second-order valence-corrected chi connectivity index (χ2v) is 9.67. The van der Waals surface area contributed by atoms with Crippen molar-refractivity contribution in [2.24, 2.45) is 5.92 Å². The van der Waals surface area contributed by atoms with Gasteiger partial charge in [-0.2, -0.15) is 0 Å². The molecule has 1 amide bonds. The molecule has 1 aliphatic carbocycles. The molecule has 1 aromatic carbocycles. The molecule has 0 atom stereocenters. The third-order valence-electron chi connectivity index (χ3n) is 7.54. The number of piperidine rings is 1. The Morgan fingerprint density at radius 1 is 0.875 bits per heavy atom. The Labute approximate surface area is 190 Å². The van der Waals surface area contributed by atoms with Gasteiger partial charge in [-0.05, 0) is 44.7 Å². The summed E-state index contributed by atoms with van der Waals surface area (Å²) in [7, 11) is 0. The van der Waals surface area contributed by atoms with Crippen molar-refractivity contribution in [3.8, 4) is 11.5 Å². The minimum Gasteiger partial charge on any atom is -0.403 e. The van der Waals surface area contributed by atoms with Crippen LogP contribution in [0.15, 0.2) is 28.7 Å². The van der Waals surface area contributed by atoms with E-state index >= 15 is 0 Å². The maximum atomic E-state index is 13.1. The quantitative estimate of drug-likeness (QED) is 0.726. The van der Waals surface area contributed by atoms with Crippen molar-refractivity contribution < 1.29 is 9.21 Å². The fourth-order valence-corrected chi connectivity index (χ4v) is 5.49. The average Bonchev–Trinajstić information content (AvgIpc) is 3.35. The van der Waals surface area contributed by atoms with Crippen LogP contribution < -0.4 is 4.90 Å². The molecule has 3 heterocycles. The van der Waals surface area contributed by atoms with Gasteiger partial charge in [0.25, 0.3) is 0 Å². The molecule has 3 aliphatic rings. The maximum absolute atomic E-state index is 13.1. The Hall–Kier alpha value is -2.41. The van der Waals surface area contributed by atoms with Gasteiger partial charge in [-0.1, -0.05) is 42.1 Å². The number of piperazine rings is 1. The minimum atomic E-state index is 0.118. The van der Waals surface area contributed by atoms with Gasteiger partial charge in [0.05, 0.1) is 0 Å². The smallest absolute Gasteiger partial charge is 0.318 e. The fraction of sp³-hybridized carbons (Fsp3) is 0.640. The van der Waals surface area contributed by atoms with Crippen LogP contribution >= 0.6 is 0 Å². The van der Waals surface area contributed by atoms with Crippen molar-refractivity contribution in [1.82, 2.24) is 20.0 Å². The van der Waals surface area contributed by atoms with Gasteiger partial charge in [-0.15, -0.1) is 5.10 Å². The van der Waals surface area contributed by atoms with Crippen LogP contribution in [-0.4, -0.2) is 71.2 Å². The summed E-state index contributed by atoms with van der Waals surface area (Å²) in [6.45, 7) is 7.49. The molecule has 7 heteroatoms. The highest BCUT2D eigenvalue weighted by Gasteiger charge is 2.33. The van der Waals surface area contributed by atoms with Gasteiger partial charge in [0.15, 0.2) is 0 Å². The largest absolute Gasteiger partial charge is 0.403 e. The van der Waals surface area contributed by atoms with E-state index in [0.717, 1.165) is 63.7 Å². The predicted molar refractivity (Wildman–Crippen MR) is 124 cm³/mol. The number of aromatic nitrogens is 2. The highest BCUT2D eigenvalue weighted by Crippen LogP contribution is 2.28. The first-order chi connectivity index (χ1) is 15.7. The monoisotopic (exact) mass is 437 g/mol. The molecule has 1 aromatic heterocycles. The first kappa shape index (κ1) is 21.4. The summed E-state index contributed by atoms with van der Waals surface area (Å²) in [4.78, 5) is 20.0. The van der Waals surface area contributed by atoms with E-state index < -0.39 is 0 Å². The molecular weight excluding hydrogens is 402 g/mol. The van der Waals surface area contributed by atoms with E-state index in [9.17, 15) is 4.79 Å². The van der Waals surface area contributed by atoms with E-state index in [-0.39, 0.29) is 5.92 Å². The number of amides is 1. The Balaban J connectivity index is 1.11. The Morgan fingerprint density at radius 3 is 2.25 bits per heavy atom. The molecule has 0 bridgehead atoms. The van der Waals surface area contributed by atoms with E-state index in [1.807, 2.05) is 24.3 Å². The molecular formula is C25H35N5O2. The first-order valence-electron chi connectivity index (χ1n) is 12.4. The highest BCUT2D eigenvalue weighted by atomic mass is 16.4. The second kappa shape index (κ2) is 9.61. The van der Waals surface area contributed by atoms with Crippen molar-refractivity contribution in [2.75, 3.05) is 44.2 Å². The molecule has 7 nitrogen and oxygen atoms in total. The molecule has 172 valence electrons. The summed E-state index contributed by atoms with van der Waals surface area (Å²) in [6.07, 6.45) is 8.52. The summed E-state index contributed by atoms with van der Waals surface area (Å²) >= 11 is 0. The molecule has 0 N–H and O–H groups in total. The highest BCUT2D eigenvalue weighted by molar-refractivity contribution is 5.79. The molecule has 0 spiro atoms. The summed E-state index contributed by atoms with van der Waals surface area (Å²) in [6, 6.07) is 9.42. The van der Waals surface area contributed by atoms with Crippen LogP contribution in [-0.2, 0) is 4.79 Å². The lowest BCUT2D eigenvalue weighted by molar-refractivity contribution is -0.138. The standard InChI is InChI=1S/C25H35N5O2/c1-19-7-9-20(10-8-19)23-26-27-25(32-23)30-13-11-21(12-14-30)24(31)29-17-15-28(16-18-29)22-5-3-2-4-6-22/h7-10,21-22H,2-6,11-18H2,1H3. The van der Waals surface area contributed by atoms with Crippen molar-refractivity contribution in [2.45, 2.75) is 57.9 Å². The fourth-order valence-electron chi connectivity index (χ4n) is 5.49. The van der Waals surface area contributed by atoms with Crippen molar-refractivity contribution in [1.29, 1.82) is 0 Å². The lowest BCUT2D eigenvalue weighted by Gasteiger charge is -2.42. The van der Waals surface area contributed by atoms with Crippen LogP contribution in [0.1, 0.15) is 50.5 Å². The summed E-state index contributed by atoms with van der Waals surface area (Å²) in [5.74, 6) is 1.01. The number of anilines is 1. The van der Waals surface area contributed by atoms with Gasteiger partial charge in [-0.25, -0.2) is 0 Å². The van der Waals surface area contributed by atoms with E-state index in [1.54, 1.807) is 0 Å². The third-order valence-corrected chi connectivity index (χ3v) is 7.54. The topological polar surface area (TPSA) is 65.7 Å². The van der Waals surface area contributed by atoms with E-state index in [4.69, 9.17) is 4.42 Å². The van der Waals surface area contributed by atoms with Crippen LogP contribution in [0.25, 0.3) is 11.5 Å². The van der Waals surface area contributed by atoms with Crippen molar-refractivity contribution >= 4 is 11.9 Å². The van der Waals surface area contributed by atoms with Crippen LogP contribution in [0.3, 0.4) is 0 Å². The molecule has 2 saturated heterocycles. The zero-order valence-electron chi connectivity index (χ0n) is 19.2. The second-order valence-electron chi connectivity index (χ2n) is 9.67. The van der Waals surface area contributed by atoms with Crippen molar-refractivity contribution in [3.05, 3.63) is 29.8 Å². The maximum Gasteiger partial charge on any atom is 0.318 e. The molecule has 1 saturated carbocycles. The molecule has 3 fully saturated rings. The van der Waals surface area contributed by atoms with Gasteiger partial charge >= 0.3 is 6.01 Å². The Morgan fingerprint density at radius 2 is 1.56 bits per heavy atom. The number of carbonyl (C=O) groups excluding carboxylic acids is 1.